The van der Waals surface area contributed by atoms with Crippen molar-refractivity contribution in [1.29, 1.82) is 0 Å². The average Bonchev–Trinajstić information content (AvgIpc) is 3.04. The molecule has 1 atom stereocenters. The quantitative estimate of drug-likeness (QED) is 0.897. The summed E-state index contributed by atoms with van der Waals surface area (Å²) in [6.45, 7) is 1.25. The molecule has 110 valence electrons. The van der Waals surface area contributed by atoms with Crippen molar-refractivity contribution in [3.05, 3.63) is 30.6 Å². The molecule has 2 aromatic rings. The van der Waals surface area contributed by atoms with Crippen LogP contribution in [0.25, 0.3) is 10.9 Å². The molecule has 2 heterocycles. The lowest BCUT2D eigenvalue weighted by atomic mass is 10.2. The number of para-hydroxylation sites is 1. The van der Waals surface area contributed by atoms with E-state index in [0.29, 0.717) is 12.4 Å². The van der Waals surface area contributed by atoms with Crippen LogP contribution >= 0.6 is 0 Å². The van der Waals surface area contributed by atoms with Gasteiger partial charge in [0.1, 0.15) is 6.33 Å². The van der Waals surface area contributed by atoms with Gasteiger partial charge in [-0.2, -0.15) is 0 Å². The fourth-order valence-electron chi connectivity index (χ4n) is 2.31. The number of benzene rings is 1. The molecule has 1 aliphatic rings. The normalized spacial score (nSPS) is 17.8. The molecule has 0 radical (unpaired) electrons. The maximum Gasteiger partial charge on any atom is 0.258 e. The molecule has 0 bridgehead atoms. The first-order valence-corrected chi connectivity index (χ1v) is 7.04. The molecule has 1 fully saturated rings. The number of hydrogen-bond donors (Lipinski definition) is 1. The number of carbonyl (C=O) groups is 1. The Morgan fingerprint density at radius 1 is 1.38 bits per heavy atom. The van der Waals surface area contributed by atoms with E-state index in [9.17, 15) is 4.79 Å². The van der Waals surface area contributed by atoms with Crippen LogP contribution in [0.3, 0.4) is 0 Å². The van der Waals surface area contributed by atoms with Gasteiger partial charge in [0, 0.05) is 13.2 Å². The Kier molecular flexibility index (Phi) is 4.25. The highest BCUT2D eigenvalue weighted by Crippen LogP contribution is 2.20. The molecule has 1 aromatic heterocycles. The lowest BCUT2D eigenvalue weighted by Gasteiger charge is -2.11. The molecule has 6 nitrogen and oxygen atoms in total. The molecular formula is C15H17N3O3. The van der Waals surface area contributed by atoms with Crippen molar-refractivity contribution < 1.29 is 14.3 Å². The molecule has 6 heteroatoms. The monoisotopic (exact) mass is 287 g/mol. The van der Waals surface area contributed by atoms with Crippen molar-refractivity contribution >= 4 is 16.8 Å². The minimum Gasteiger partial charge on any atom is -0.467 e. The number of aromatic nitrogens is 2. The van der Waals surface area contributed by atoms with Crippen LogP contribution in [0.1, 0.15) is 12.8 Å². The number of ether oxygens (including phenoxy) is 2. The maximum atomic E-state index is 11.8. The van der Waals surface area contributed by atoms with Gasteiger partial charge < -0.3 is 14.8 Å². The Balaban J connectivity index is 1.54. The minimum absolute atomic E-state index is 0.0618. The van der Waals surface area contributed by atoms with Gasteiger partial charge in [-0.25, -0.2) is 9.97 Å². The first-order chi connectivity index (χ1) is 10.3. The Labute approximate surface area is 122 Å². The molecule has 0 spiro atoms. The van der Waals surface area contributed by atoms with Crippen LogP contribution in [0, 0.1) is 0 Å². The molecule has 1 aliphatic heterocycles. The molecule has 0 unspecified atom stereocenters. The molecular weight excluding hydrogens is 270 g/mol. The molecule has 0 saturated carbocycles. The summed E-state index contributed by atoms with van der Waals surface area (Å²) in [5.74, 6) is 0.251. The third-order valence-corrected chi connectivity index (χ3v) is 3.40. The van der Waals surface area contributed by atoms with E-state index in [1.54, 1.807) is 0 Å². The largest absolute Gasteiger partial charge is 0.467 e. The maximum absolute atomic E-state index is 11.8. The standard InChI is InChI=1S/C15H17N3O3/c19-14(16-8-11-4-3-7-20-11)9-21-15-12-5-1-2-6-13(12)17-10-18-15/h1-2,5-6,10-11H,3-4,7-9H2,(H,16,19)/t11-/m1/s1. The van der Waals surface area contributed by atoms with Crippen molar-refractivity contribution in [3.63, 3.8) is 0 Å². The molecule has 1 aromatic carbocycles. The molecule has 1 amide bonds. The van der Waals surface area contributed by atoms with E-state index in [2.05, 4.69) is 15.3 Å². The van der Waals surface area contributed by atoms with Crippen LogP contribution in [0.15, 0.2) is 30.6 Å². The highest BCUT2D eigenvalue weighted by molar-refractivity contribution is 5.83. The summed E-state index contributed by atoms with van der Waals surface area (Å²) in [6.07, 6.45) is 3.62. The van der Waals surface area contributed by atoms with Gasteiger partial charge in [0.15, 0.2) is 6.61 Å². The van der Waals surface area contributed by atoms with Gasteiger partial charge in [0.25, 0.3) is 5.91 Å². The second-order valence-electron chi connectivity index (χ2n) is 4.92. The molecule has 1 saturated heterocycles. The van der Waals surface area contributed by atoms with Crippen LogP contribution in [-0.4, -0.2) is 41.7 Å². The van der Waals surface area contributed by atoms with Crippen molar-refractivity contribution in [1.82, 2.24) is 15.3 Å². The zero-order valence-corrected chi connectivity index (χ0v) is 11.6. The lowest BCUT2D eigenvalue weighted by Crippen LogP contribution is -2.35. The van der Waals surface area contributed by atoms with Gasteiger partial charge in [-0.15, -0.1) is 0 Å². The van der Waals surface area contributed by atoms with Crippen LogP contribution in [0.2, 0.25) is 0 Å². The van der Waals surface area contributed by atoms with Gasteiger partial charge in [0.2, 0.25) is 5.88 Å². The summed E-state index contributed by atoms with van der Waals surface area (Å²) in [5, 5.41) is 3.61. The topological polar surface area (TPSA) is 73.3 Å². The summed E-state index contributed by atoms with van der Waals surface area (Å²) < 4.78 is 10.9. The van der Waals surface area contributed by atoms with E-state index in [1.165, 1.54) is 6.33 Å². The van der Waals surface area contributed by atoms with Crippen molar-refractivity contribution in [2.24, 2.45) is 0 Å². The van der Waals surface area contributed by atoms with Crippen LogP contribution in [0.4, 0.5) is 0 Å². The second-order valence-corrected chi connectivity index (χ2v) is 4.92. The third kappa shape index (κ3) is 3.46. The smallest absolute Gasteiger partial charge is 0.258 e. The van der Waals surface area contributed by atoms with Gasteiger partial charge in [-0.1, -0.05) is 12.1 Å². The number of amides is 1. The van der Waals surface area contributed by atoms with E-state index in [-0.39, 0.29) is 18.6 Å². The highest BCUT2D eigenvalue weighted by Gasteiger charge is 2.16. The predicted octanol–water partition coefficient (Wildman–Crippen LogP) is 1.30. The number of fused-ring (bicyclic) bond motifs is 1. The van der Waals surface area contributed by atoms with Crippen LogP contribution < -0.4 is 10.1 Å². The fourth-order valence-corrected chi connectivity index (χ4v) is 2.31. The Hall–Kier alpha value is -2.21. The SMILES string of the molecule is O=C(COc1ncnc2ccccc12)NC[C@H]1CCCO1. The second kappa shape index (κ2) is 6.49. The average molecular weight is 287 g/mol. The summed E-state index contributed by atoms with van der Waals surface area (Å²) in [7, 11) is 0. The van der Waals surface area contributed by atoms with E-state index in [1.807, 2.05) is 24.3 Å². The lowest BCUT2D eigenvalue weighted by molar-refractivity contribution is -0.123. The van der Waals surface area contributed by atoms with Crippen molar-refractivity contribution in [2.75, 3.05) is 19.8 Å². The van der Waals surface area contributed by atoms with Gasteiger partial charge in [-0.05, 0) is 25.0 Å². The Morgan fingerprint density at radius 3 is 3.14 bits per heavy atom. The third-order valence-electron chi connectivity index (χ3n) is 3.40. The van der Waals surface area contributed by atoms with Gasteiger partial charge in [0.05, 0.1) is 17.0 Å². The zero-order valence-electron chi connectivity index (χ0n) is 11.6. The van der Waals surface area contributed by atoms with E-state index < -0.39 is 0 Å². The van der Waals surface area contributed by atoms with Crippen LogP contribution in [-0.2, 0) is 9.53 Å². The van der Waals surface area contributed by atoms with Gasteiger partial charge in [-0.3, -0.25) is 4.79 Å². The zero-order chi connectivity index (χ0) is 14.5. The Morgan fingerprint density at radius 2 is 2.29 bits per heavy atom. The molecule has 21 heavy (non-hydrogen) atoms. The summed E-state index contributed by atoms with van der Waals surface area (Å²) >= 11 is 0. The minimum atomic E-state index is -0.173. The molecule has 0 aliphatic carbocycles. The molecule has 3 rings (SSSR count). The summed E-state index contributed by atoms with van der Waals surface area (Å²) in [6, 6.07) is 7.53. The summed E-state index contributed by atoms with van der Waals surface area (Å²) in [4.78, 5) is 20.0. The van der Waals surface area contributed by atoms with Crippen molar-refractivity contribution in [2.45, 2.75) is 18.9 Å². The van der Waals surface area contributed by atoms with E-state index in [0.717, 1.165) is 30.4 Å². The number of rotatable bonds is 5. The van der Waals surface area contributed by atoms with E-state index in [4.69, 9.17) is 9.47 Å². The van der Waals surface area contributed by atoms with Crippen LogP contribution in [0.5, 0.6) is 5.88 Å². The number of carbonyl (C=O) groups excluding carboxylic acids is 1. The van der Waals surface area contributed by atoms with E-state index >= 15 is 0 Å². The van der Waals surface area contributed by atoms with Crippen molar-refractivity contribution in [3.8, 4) is 5.88 Å². The predicted molar refractivity (Wildman–Crippen MR) is 77.0 cm³/mol. The van der Waals surface area contributed by atoms with Gasteiger partial charge >= 0.3 is 0 Å². The highest BCUT2D eigenvalue weighted by atomic mass is 16.5. The fraction of sp³-hybridized carbons (Fsp3) is 0.400. The summed E-state index contributed by atoms with van der Waals surface area (Å²) in [5.41, 5.74) is 0.794. The number of nitrogens with zero attached hydrogens (tertiary/aromatic N) is 2. The first-order valence-electron chi connectivity index (χ1n) is 7.04. The number of nitrogens with one attached hydrogen (secondary N) is 1. The Bertz CT molecular complexity index is 621. The number of hydrogen-bond acceptors (Lipinski definition) is 5. The molecule has 1 N–H and O–H groups in total. The first kappa shape index (κ1) is 13.8.